The second kappa shape index (κ2) is 11.2. The average Bonchev–Trinajstić information content (AvgIpc) is 3.73. The molecule has 0 spiro atoms. The number of hydrogen-bond donors (Lipinski definition) is 1. The first-order valence-electron chi connectivity index (χ1n) is 15.9. The Kier molecular flexibility index (Phi) is 7.14. The first-order valence-corrected chi connectivity index (χ1v) is 15.9. The number of piperidine rings is 1. The minimum Gasteiger partial charge on any atom is -0.461 e. The number of anilines is 1. The van der Waals surface area contributed by atoms with E-state index in [0.717, 1.165) is 36.0 Å². The number of aryl methyl sites for hydroxylation is 1. The highest BCUT2D eigenvalue weighted by molar-refractivity contribution is 5.99. The van der Waals surface area contributed by atoms with Crippen molar-refractivity contribution in [2.75, 3.05) is 44.3 Å². The fourth-order valence-corrected chi connectivity index (χ4v) is 7.76. The van der Waals surface area contributed by atoms with E-state index in [0.29, 0.717) is 42.1 Å². The van der Waals surface area contributed by atoms with E-state index in [2.05, 4.69) is 30.0 Å². The molecule has 0 saturated carbocycles. The van der Waals surface area contributed by atoms with Gasteiger partial charge in [-0.2, -0.15) is 15.1 Å². The van der Waals surface area contributed by atoms with Crippen LogP contribution in [0.25, 0.3) is 33.1 Å². The lowest BCUT2D eigenvalue weighted by atomic mass is 9.92. The molecule has 3 saturated heterocycles. The molecule has 9 rings (SSSR count). The molecule has 6 bridgehead atoms. The number of aromatic nitrogens is 5. The van der Waals surface area contributed by atoms with Gasteiger partial charge in [-0.3, -0.25) is 15.0 Å². The Labute approximate surface area is 262 Å². The summed E-state index contributed by atoms with van der Waals surface area (Å²) in [5.74, 6) is -0.371. The molecule has 4 aromatic rings. The van der Waals surface area contributed by atoms with Crippen molar-refractivity contribution in [3.8, 4) is 17.3 Å². The SMILES string of the molecule is Cc1cc2[nH]ncc2c2c1CCCOC(=O)O[C@H]1CN(CC[C@H]1F)c1nc(OC[C@@]34CCCN3C[C@H](F)C4)nc3c(F)c-2ncc13. The maximum atomic E-state index is 17.0. The fourth-order valence-electron chi connectivity index (χ4n) is 7.76. The summed E-state index contributed by atoms with van der Waals surface area (Å²) < 4.78 is 63.4. The summed E-state index contributed by atoms with van der Waals surface area (Å²) in [5.41, 5.74) is 2.62. The van der Waals surface area contributed by atoms with Crippen LogP contribution in [0.5, 0.6) is 6.01 Å². The molecule has 8 heterocycles. The minimum absolute atomic E-state index is 0.00369. The number of pyridine rings is 1. The van der Waals surface area contributed by atoms with E-state index in [1.165, 1.54) is 6.20 Å². The van der Waals surface area contributed by atoms with E-state index >= 15 is 8.78 Å². The van der Waals surface area contributed by atoms with E-state index < -0.39 is 36.0 Å². The molecule has 242 valence electrons. The van der Waals surface area contributed by atoms with E-state index in [1.54, 1.807) is 11.1 Å². The molecule has 1 aromatic carbocycles. The number of ether oxygens (including phenoxy) is 3. The van der Waals surface area contributed by atoms with Crippen LogP contribution in [-0.2, 0) is 15.9 Å². The number of rotatable bonds is 3. The first kappa shape index (κ1) is 29.2. The van der Waals surface area contributed by atoms with Gasteiger partial charge in [0.1, 0.15) is 36.0 Å². The summed E-state index contributed by atoms with van der Waals surface area (Å²) in [6.45, 7) is 3.45. The van der Waals surface area contributed by atoms with Crippen LogP contribution in [0.4, 0.5) is 23.8 Å². The van der Waals surface area contributed by atoms with Crippen LogP contribution in [0.3, 0.4) is 0 Å². The quantitative estimate of drug-likeness (QED) is 0.308. The molecule has 0 radical (unpaired) electrons. The van der Waals surface area contributed by atoms with E-state index in [9.17, 15) is 9.18 Å². The smallest absolute Gasteiger partial charge is 0.461 e. The van der Waals surface area contributed by atoms with Crippen molar-refractivity contribution >= 4 is 33.8 Å². The third-order valence-electron chi connectivity index (χ3n) is 10.0. The predicted octanol–water partition coefficient (Wildman–Crippen LogP) is 4.99. The molecule has 1 N–H and O–H groups in total. The second-order valence-electron chi connectivity index (χ2n) is 12.9. The van der Waals surface area contributed by atoms with Gasteiger partial charge < -0.3 is 19.1 Å². The maximum Gasteiger partial charge on any atom is 0.508 e. The van der Waals surface area contributed by atoms with Gasteiger partial charge in [0.2, 0.25) is 0 Å². The lowest BCUT2D eigenvalue weighted by Gasteiger charge is -2.35. The highest BCUT2D eigenvalue weighted by Crippen LogP contribution is 2.42. The molecule has 4 atom stereocenters. The van der Waals surface area contributed by atoms with E-state index in [-0.39, 0.29) is 55.8 Å². The van der Waals surface area contributed by atoms with Gasteiger partial charge in [-0.05, 0) is 62.8 Å². The molecule has 3 aromatic heterocycles. The summed E-state index contributed by atoms with van der Waals surface area (Å²) >= 11 is 0. The average molecular weight is 638 g/mol. The molecule has 0 aliphatic carbocycles. The van der Waals surface area contributed by atoms with Gasteiger partial charge in [-0.1, -0.05) is 0 Å². The fraction of sp³-hybridized carbons (Fsp3) is 0.531. The van der Waals surface area contributed by atoms with Gasteiger partial charge in [0.15, 0.2) is 11.9 Å². The van der Waals surface area contributed by atoms with Crippen molar-refractivity contribution < 1.29 is 32.2 Å². The van der Waals surface area contributed by atoms with Crippen molar-refractivity contribution in [3.63, 3.8) is 0 Å². The number of carbonyl (C=O) groups excluding carboxylic acids is 1. The normalized spacial score (nSPS) is 26.8. The van der Waals surface area contributed by atoms with Crippen molar-refractivity contribution in [1.82, 2.24) is 30.0 Å². The number of halogens is 3. The van der Waals surface area contributed by atoms with Crippen LogP contribution in [0, 0.1) is 12.7 Å². The van der Waals surface area contributed by atoms with Crippen LogP contribution in [0.1, 0.15) is 43.2 Å². The van der Waals surface area contributed by atoms with Crippen LogP contribution in [0.15, 0.2) is 18.5 Å². The number of carbonyl (C=O) groups is 1. The second-order valence-corrected chi connectivity index (χ2v) is 12.9. The zero-order valence-corrected chi connectivity index (χ0v) is 25.4. The Morgan fingerprint density at radius 2 is 2.04 bits per heavy atom. The Morgan fingerprint density at radius 1 is 1.15 bits per heavy atom. The number of nitrogens with one attached hydrogen (secondary N) is 1. The summed E-state index contributed by atoms with van der Waals surface area (Å²) in [5, 5.41) is 8.17. The largest absolute Gasteiger partial charge is 0.508 e. The summed E-state index contributed by atoms with van der Waals surface area (Å²) in [4.78, 5) is 30.4. The summed E-state index contributed by atoms with van der Waals surface area (Å²) in [6.07, 6.45) is 1.73. The molecule has 3 fully saturated rings. The van der Waals surface area contributed by atoms with Gasteiger partial charge in [-0.15, -0.1) is 0 Å². The first-order chi connectivity index (χ1) is 22.3. The Hall–Kier alpha value is -4.20. The van der Waals surface area contributed by atoms with E-state index in [4.69, 9.17) is 14.2 Å². The number of aromatic amines is 1. The zero-order valence-electron chi connectivity index (χ0n) is 25.4. The van der Waals surface area contributed by atoms with Gasteiger partial charge in [0.25, 0.3) is 0 Å². The van der Waals surface area contributed by atoms with Crippen LogP contribution >= 0.6 is 0 Å². The number of benzene rings is 1. The predicted molar refractivity (Wildman–Crippen MR) is 162 cm³/mol. The molecule has 5 aliphatic rings. The lowest BCUT2D eigenvalue weighted by molar-refractivity contribution is -0.0115. The minimum atomic E-state index is -1.41. The molecule has 5 aliphatic heterocycles. The third-order valence-corrected chi connectivity index (χ3v) is 10.0. The van der Waals surface area contributed by atoms with E-state index in [1.807, 2.05) is 13.0 Å². The third kappa shape index (κ3) is 4.88. The van der Waals surface area contributed by atoms with Gasteiger partial charge >= 0.3 is 12.2 Å². The Balaban J connectivity index is 1.29. The molecule has 14 heteroatoms. The Bertz CT molecular complexity index is 1840. The van der Waals surface area contributed by atoms with Crippen LogP contribution < -0.4 is 9.64 Å². The number of H-pyrrole nitrogens is 1. The molecule has 11 nitrogen and oxygen atoms in total. The van der Waals surface area contributed by atoms with Crippen molar-refractivity contribution in [1.29, 1.82) is 0 Å². The van der Waals surface area contributed by atoms with Gasteiger partial charge in [0.05, 0.1) is 35.8 Å². The highest BCUT2D eigenvalue weighted by Gasteiger charge is 2.49. The number of nitrogens with zero attached hydrogens (tertiary/aromatic N) is 6. The highest BCUT2D eigenvalue weighted by atomic mass is 19.1. The monoisotopic (exact) mass is 637 g/mol. The summed E-state index contributed by atoms with van der Waals surface area (Å²) in [7, 11) is 0. The topological polar surface area (TPSA) is 119 Å². The molecule has 0 amide bonds. The van der Waals surface area contributed by atoms with Gasteiger partial charge in [0, 0.05) is 36.7 Å². The zero-order chi connectivity index (χ0) is 31.6. The number of alkyl halides is 2. The standard InChI is InChI=1S/C32H34F3N7O4/c1-17-10-23-20(13-37-40-23)25-19(17)4-2-9-44-31(43)46-24-15-41(8-5-22(24)34)29-21-12-36-28(25)26(35)27(21)38-30(39-29)45-16-32-6-3-7-42(32)14-18(33)11-32/h10,12-13,18,22,24H,2-9,11,14-16H2,1H3,(H,37,40)/t18-,22-,24+,32+/m1/s1. The number of hydrogen-bond acceptors (Lipinski definition) is 10. The van der Waals surface area contributed by atoms with Crippen LogP contribution in [0.2, 0.25) is 0 Å². The van der Waals surface area contributed by atoms with Crippen molar-refractivity contribution in [2.24, 2.45) is 0 Å². The van der Waals surface area contributed by atoms with Crippen molar-refractivity contribution in [2.45, 2.75) is 69.4 Å². The molecular formula is C32H34F3N7O4. The van der Waals surface area contributed by atoms with Gasteiger partial charge in [-0.25, -0.2) is 18.0 Å². The maximum absolute atomic E-state index is 17.0. The molecular weight excluding hydrogens is 603 g/mol. The summed E-state index contributed by atoms with van der Waals surface area (Å²) in [6, 6.07) is 1.87. The van der Waals surface area contributed by atoms with Crippen molar-refractivity contribution in [3.05, 3.63) is 35.4 Å². The Morgan fingerprint density at radius 3 is 2.93 bits per heavy atom. The van der Waals surface area contributed by atoms with Crippen LogP contribution in [-0.4, -0.2) is 99.6 Å². The number of fused-ring (bicyclic) bond motifs is 8. The lowest BCUT2D eigenvalue weighted by Crippen LogP contribution is -2.47. The molecule has 0 unspecified atom stereocenters. The molecule has 46 heavy (non-hydrogen) atoms.